The van der Waals surface area contributed by atoms with Gasteiger partial charge in [-0.3, -0.25) is 18.3 Å². The van der Waals surface area contributed by atoms with Crippen molar-refractivity contribution in [2.75, 3.05) is 6.61 Å². The standard InChI is InChI=1S/C14H16ClN5O8S/c1-6(21)26-10-8(3-25-29(16,23)24)28-14(11(10)27-7(2)22)20-5-19-9-12(15)17-4-18-13(9)20/h4-5,8,10-11,14H,3H2,1-2H3,(H2,16,23,24)/t8-,10-,11-,14-/m1/s1. The van der Waals surface area contributed by atoms with Crippen molar-refractivity contribution < 1.29 is 36.4 Å². The van der Waals surface area contributed by atoms with Crippen LogP contribution in [-0.2, 0) is 38.3 Å². The minimum Gasteiger partial charge on any atom is -0.456 e. The molecule has 13 nitrogen and oxygen atoms in total. The molecule has 2 aromatic heterocycles. The lowest BCUT2D eigenvalue weighted by atomic mass is 10.1. The highest BCUT2D eigenvalue weighted by Crippen LogP contribution is 2.36. The molecule has 0 saturated carbocycles. The first-order valence-electron chi connectivity index (χ1n) is 8.07. The number of esters is 2. The Hall–Kier alpha value is -2.39. The van der Waals surface area contributed by atoms with Crippen LogP contribution < -0.4 is 5.14 Å². The van der Waals surface area contributed by atoms with E-state index in [4.69, 9.17) is 31.0 Å². The van der Waals surface area contributed by atoms with Crippen LogP contribution in [0.15, 0.2) is 12.7 Å². The molecule has 3 rings (SSSR count). The maximum absolute atomic E-state index is 11.7. The van der Waals surface area contributed by atoms with Gasteiger partial charge >= 0.3 is 22.2 Å². The van der Waals surface area contributed by atoms with Crippen molar-refractivity contribution in [3.63, 3.8) is 0 Å². The first-order valence-corrected chi connectivity index (χ1v) is 9.92. The largest absolute Gasteiger partial charge is 0.456 e. The third-order valence-electron chi connectivity index (χ3n) is 3.87. The molecule has 0 radical (unpaired) electrons. The summed E-state index contributed by atoms with van der Waals surface area (Å²) < 4.78 is 44.6. The second-order valence-electron chi connectivity index (χ2n) is 5.98. The van der Waals surface area contributed by atoms with Crippen LogP contribution in [0.2, 0.25) is 5.15 Å². The molecular formula is C14H16ClN5O8S. The van der Waals surface area contributed by atoms with Crippen molar-refractivity contribution >= 4 is 45.0 Å². The molecule has 1 fully saturated rings. The number of hydrogen-bond acceptors (Lipinski definition) is 11. The topological polar surface area (TPSA) is 175 Å². The molecule has 1 aliphatic heterocycles. The smallest absolute Gasteiger partial charge is 0.333 e. The lowest BCUT2D eigenvalue weighted by molar-refractivity contribution is -0.165. The van der Waals surface area contributed by atoms with Crippen LogP contribution in [0.25, 0.3) is 11.2 Å². The number of carbonyl (C=O) groups excluding carboxylic acids is 2. The number of nitrogens with two attached hydrogens (primary N) is 1. The highest BCUT2D eigenvalue weighted by Gasteiger charge is 2.51. The molecule has 2 N–H and O–H groups in total. The summed E-state index contributed by atoms with van der Waals surface area (Å²) in [6.45, 7) is 1.70. The molecule has 0 bridgehead atoms. The van der Waals surface area contributed by atoms with E-state index in [2.05, 4.69) is 19.1 Å². The highest BCUT2D eigenvalue weighted by atomic mass is 35.5. The van der Waals surface area contributed by atoms with Gasteiger partial charge in [0, 0.05) is 13.8 Å². The minimum atomic E-state index is -4.30. The van der Waals surface area contributed by atoms with Crippen LogP contribution in [0.5, 0.6) is 0 Å². The molecule has 0 aromatic carbocycles. The highest BCUT2D eigenvalue weighted by molar-refractivity contribution is 7.84. The summed E-state index contributed by atoms with van der Waals surface area (Å²) in [6.07, 6.45) is -2.08. The van der Waals surface area contributed by atoms with Crippen molar-refractivity contribution in [1.82, 2.24) is 19.5 Å². The van der Waals surface area contributed by atoms with Gasteiger partial charge in [-0.1, -0.05) is 11.6 Å². The van der Waals surface area contributed by atoms with E-state index < -0.39 is 53.4 Å². The summed E-state index contributed by atoms with van der Waals surface area (Å²) in [4.78, 5) is 35.2. The van der Waals surface area contributed by atoms with Gasteiger partial charge in [-0.05, 0) is 0 Å². The average Bonchev–Trinajstić information content (AvgIpc) is 3.15. The Morgan fingerprint density at radius 2 is 1.86 bits per heavy atom. The van der Waals surface area contributed by atoms with Gasteiger partial charge in [-0.2, -0.15) is 8.42 Å². The van der Waals surface area contributed by atoms with Gasteiger partial charge in [0.05, 0.1) is 12.9 Å². The summed E-state index contributed by atoms with van der Waals surface area (Å²) in [5, 5.41) is 4.94. The molecular weight excluding hydrogens is 434 g/mol. The Morgan fingerprint density at radius 3 is 2.48 bits per heavy atom. The molecule has 29 heavy (non-hydrogen) atoms. The predicted octanol–water partition coefficient (Wildman–Crippen LogP) is -0.539. The zero-order valence-corrected chi connectivity index (χ0v) is 16.7. The van der Waals surface area contributed by atoms with Crippen molar-refractivity contribution in [3.05, 3.63) is 17.8 Å². The van der Waals surface area contributed by atoms with Gasteiger partial charge in [-0.15, -0.1) is 0 Å². The van der Waals surface area contributed by atoms with E-state index in [9.17, 15) is 18.0 Å². The molecule has 15 heteroatoms. The van der Waals surface area contributed by atoms with Gasteiger partial charge in [-0.25, -0.2) is 20.1 Å². The van der Waals surface area contributed by atoms with E-state index in [0.29, 0.717) is 0 Å². The number of aromatic nitrogens is 4. The summed E-state index contributed by atoms with van der Waals surface area (Å²) in [6, 6.07) is 0. The number of carbonyl (C=O) groups is 2. The van der Waals surface area contributed by atoms with Gasteiger partial charge in [0.2, 0.25) is 0 Å². The minimum absolute atomic E-state index is 0.0847. The lowest BCUT2D eigenvalue weighted by Crippen LogP contribution is -2.41. The fraction of sp³-hybridized carbons (Fsp3) is 0.500. The predicted molar refractivity (Wildman–Crippen MR) is 94.4 cm³/mol. The Balaban J connectivity index is 2.02. The Labute approximate surface area is 169 Å². The molecule has 1 aliphatic rings. The molecule has 0 amide bonds. The van der Waals surface area contributed by atoms with Gasteiger partial charge in [0.1, 0.15) is 17.9 Å². The third kappa shape index (κ3) is 4.79. The van der Waals surface area contributed by atoms with Gasteiger partial charge in [0.15, 0.2) is 29.2 Å². The number of hydrogen-bond donors (Lipinski definition) is 1. The molecule has 4 atom stereocenters. The molecule has 0 aliphatic carbocycles. The number of halogens is 1. The molecule has 3 heterocycles. The fourth-order valence-corrected chi connectivity index (χ4v) is 3.39. The quantitative estimate of drug-likeness (QED) is 0.442. The SMILES string of the molecule is CC(=O)O[C@@H]1[C@H](OC(C)=O)[C@@H](COS(N)(=O)=O)O[C@H]1n1cnc2c(Cl)ncnc21. The number of imidazole rings is 1. The average molecular weight is 450 g/mol. The van der Waals surface area contributed by atoms with Crippen LogP contribution in [0.3, 0.4) is 0 Å². The summed E-state index contributed by atoms with van der Waals surface area (Å²) in [5.74, 6) is -1.40. The van der Waals surface area contributed by atoms with Crippen molar-refractivity contribution in [1.29, 1.82) is 0 Å². The molecule has 2 aromatic rings. The first kappa shape index (κ1) is 21.3. The van der Waals surface area contributed by atoms with Crippen LogP contribution in [0.4, 0.5) is 0 Å². The molecule has 0 spiro atoms. The number of fused-ring (bicyclic) bond motifs is 1. The molecule has 158 valence electrons. The summed E-state index contributed by atoms with van der Waals surface area (Å²) >= 11 is 6.00. The molecule has 1 saturated heterocycles. The molecule has 0 unspecified atom stereocenters. The number of rotatable bonds is 6. The van der Waals surface area contributed by atoms with Gasteiger partial charge < -0.3 is 14.2 Å². The van der Waals surface area contributed by atoms with Gasteiger partial charge in [0.25, 0.3) is 0 Å². The van der Waals surface area contributed by atoms with E-state index >= 15 is 0 Å². The van der Waals surface area contributed by atoms with Crippen LogP contribution in [0, 0.1) is 0 Å². The summed E-state index contributed by atoms with van der Waals surface area (Å²) in [5.41, 5.74) is 0.509. The first-order chi connectivity index (χ1) is 13.6. The van der Waals surface area contributed by atoms with Crippen LogP contribution >= 0.6 is 11.6 Å². The normalized spacial score (nSPS) is 24.6. The third-order valence-corrected chi connectivity index (χ3v) is 4.62. The summed E-state index contributed by atoms with van der Waals surface area (Å²) in [7, 11) is -4.30. The monoisotopic (exact) mass is 449 g/mol. The Bertz CT molecular complexity index is 1040. The zero-order chi connectivity index (χ0) is 21.3. The lowest BCUT2D eigenvalue weighted by Gasteiger charge is -2.23. The van der Waals surface area contributed by atoms with E-state index in [-0.39, 0.29) is 16.3 Å². The van der Waals surface area contributed by atoms with E-state index in [0.717, 1.165) is 13.8 Å². The second-order valence-corrected chi connectivity index (χ2v) is 7.56. The second kappa shape index (κ2) is 8.16. The zero-order valence-electron chi connectivity index (χ0n) is 15.1. The van der Waals surface area contributed by atoms with E-state index in [1.807, 2.05) is 0 Å². The van der Waals surface area contributed by atoms with Crippen molar-refractivity contribution in [2.24, 2.45) is 5.14 Å². The fourth-order valence-electron chi connectivity index (χ4n) is 2.89. The van der Waals surface area contributed by atoms with Crippen molar-refractivity contribution in [2.45, 2.75) is 38.4 Å². The Morgan fingerprint density at radius 1 is 1.21 bits per heavy atom. The number of ether oxygens (including phenoxy) is 3. The maximum Gasteiger partial charge on any atom is 0.333 e. The van der Waals surface area contributed by atoms with Crippen molar-refractivity contribution in [3.8, 4) is 0 Å². The maximum atomic E-state index is 11.7. The van der Waals surface area contributed by atoms with E-state index in [1.54, 1.807) is 0 Å². The van der Waals surface area contributed by atoms with Crippen LogP contribution in [-0.4, -0.2) is 64.8 Å². The Kier molecular flexibility index (Phi) is 6.00. The number of nitrogens with zero attached hydrogens (tertiary/aromatic N) is 4. The van der Waals surface area contributed by atoms with E-state index in [1.165, 1.54) is 17.2 Å². The van der Waals surface area contributed by atoms with Crippen LogP contribution in [0.1, 0.15) is 20.1 Å².